The van der Waals surface area contributed by atoms with E-state index in [-0.39, 0.29) is 11.7 Å². The van der Waals surface area contributed by atoms with Gasteiger partial charge in [0, 0.05) is 6.92 Å². The molecule has 0 atom stereocenters. The van der Waals surface area contributed by atoms with E-state index < -0.39 is 0 Å². The Labute approximate surface area is 103 Å². The van der Waals surface area contributed by atoms with Crippen molar-refractivity contribution < 1.29 is 9.59 Å². The molecular formula is C13H22N2O2. The van der Waals surface area contributed by atoms with Crippen LogP contribution in [-0.2, 0) is 9.59 Å². The number of nitrogens with one attached hydrogen (secondary N) is 2. The molecule has 4 heteroatoms. The Kier molecular flexibility index (Phi) is 14.9. The molecule has 1 aromatic carbocycles. The standard InChI is InChI=1S/C6H6.C4H10N2O.C3H6O/c1-2-4-6-5-3-1;1-4(7)6-3-5-2;1-3(2)4/h1-6H;5H,3H2,1-2H3,(H,6,7);1-2H3. The van der Waals surface area contributed by atoms with Crippen LogP contribution in [0, 0.1) is 0 Å². The smallest absolute Gasteiger partial charge is 0.217 e. The minimum Gasteiger partial charge on any atom is -0.344 e. The van der Waals surface area contributed by atoms with Crippen LogP contribution >= 0.6 is 0 Å². The molecule has 0 unspecified atom stereocenters. The van der Waals surface area contributed by atoms with E-state index in [1.165, 1.54) is 20.8 Å². The second-order valence-corrected chi connectivity index (χ2v) is 3.33. The summed E-state index contributed by atoms with van der Waals surface area (Å²) < 4.78 is 0. The van der Waals surface area contributed by atoms with E-state index in [2.05, 4.69) is 10.6 Å². The number of carbonyl (C=O) groups excluding carboxylic acids is 2. The highest BCUT2D eigenvalue weighted by Gasteiger charge is 1.82. The normalized spacial score (nSPS) is 7.76. The van der Waals surface area contributed by atoms with Crippen LogP contribution in [0.5, 0.6) is 0 Å². The van der Waals surface area contributed by atoms with Gasteiger partial charge in [-0.25, -0.2) is 0 Å². The number of amides is 1. The Morgan fingerprint density at radius 3 is 1.29 bits per heavy atom. The van der Waals surface area contributed by atoms with Crippen molar-refractivity contribution >= 4 is 11.7 Å². The van der Waals surface area contributed by atoms with Crippen LogP contribution < -0.4 is 10.6 Å². The summed E-state index contributed by atoms with van der Waals surface area (Å²) >= 11 is 0. The molecule has 0 aliphatic heterocycles. The average Bonchev–Trinajstić information content (AvgIpc) is 2.29. The van der Waals surface area contributed by atoms with E-state index in [0.717, 1.165) is 0 Å². The second kappa shape index (κ2) is 14.3. The lowest BCUT2D eigenvalue weighted by atomic mass is 10.4. The maximum Gasteiger partial charge on any atom is 0.217 e. The molecule has 0 saturated carbocycles. The number of Topliss-reactive ketones (excluding diaryl/α,β-unsaturated/α-hetero) is 1. The Balaban J connectivity index is 0. The minimum absolute atomic E-state index is 0.00523. The topological polar surface area (TPSA) is 58.2 Å². The fraction of sp³-hybridized carbons (Fsp3) is 0.385. The van der Waals surface area contributed by atoms with Crippen LogP contribution in [-0.4, -0.2) is 25.4 Å². The third-order valence-corrected chi connectivity index (χ3v) is 1.18. The molecule has 0 bridgehead atoms. The van der Waals surface area contributed by atoms with Gasteiger partial charge in [-0.2, -0.15) is 0 Å². The van der Waals surface area contributed by atoms with Gasteiger partial charge in [-0.1, -0.05) is 36.4 Å². The molecule has 0 aliphatic rings. The molecule has 17 heavy (non-hydrogen) atoms. The van der Waals surface area contributed by atoms with E-state index in [1.807, 2.05) is 36.4 Å². The molecule has 0 radical (unpaired) electrons. The van der Waals surface area contributed by atoms with Crippen molar-refractivity contribution in [1.29, 1.82) is 0 Å². The van der Waals surface area contributed by atoms with Gasteiger partial charge in [0.15, 0.2) is 0 Å². The molecule has 0 spiro atoms. The molecule has 1 rings (SSSR count). The molecule has 2 N–H and O–H groups in total. The zero-order valence-electron chi connectivity index (χ0n) is 11.0. The first kappa shape index (κ1) is 17.7. The van der Waals surface area contributed by atoms with Crippen LogP contribution in [0.4, 0.5) is 0 Å². The molecule has 0 saturated heterocycles. The monoisotopic (exact) mass is 238 g/mol. The lowest BCUT2D eigenvalue weighted by Gasteiger charge is -1.95. The number of ketones is 1. The van der Waals surface area contributed by atoms with Gasteiger partial charge in [0.25, 0.3) is 0 Å². The predicted molar refractivity (Wildman–Crippen MR) is 70.5 cm³/mol. The quantitative estimate of drug-likeness (QED) is 0.769. The van der Waals surface area contributed by atoms with Crippen molar-refractivity contribution in [3.63, 3.8) is 0 Å². The van der Waals surface area contributed by atoms with Gasteiger partial charge in [-0.15, -0.1) is 0 Å². The minimum atomic E-state index is -0.00523. The molecule has 0 heterocycles. The fourth-order valence-corrected chi connectivity index (χ4v) is 0.598. The van der Waals surface area contributed by atoms with E-state index in [4.69, 9.17) is 0 Å². The van der Waals surface area contributed by atoms with Crippen LogP contribution in [0.25, 0.3) is 0 Å². The first-order valence-corrected chi connectivity index (χ1v) is 5.37. The molecule has 0 aliphatic carbocycles. The third-order valence-electron chi connectivity index (χ3n) is 1.18. The Morgan fingerprint density at radius 1 is 0.882 bits per heavy atom. The van der Waals surface area contributed by atoms with Gasteiger partial charge in [0.1, 0.15) is 5.78 Å². The highest BCUT2D eigenvalue weighted by atomic mass is 16.1. The molecule has 0 aromatic heterocycles. The van der Waals surface area contributed by atoms with Crippen LogP contribution in [0.2, 0.25) is 0 Å². The molecule has 4 nitrogen and oxygen atoms in total. The van der Waals surface area contributed by atoms with Crippen molar-refractivity contribution in [2.24, 2.45) is 0 Å². The predicted octanol–water partition coefficient (Wildman–Crippen LogP) is 1.58. The van der Waals surface area contributed by atoms with E-state index in [9.17, 15) is 9.59 Å². The van der Waals surface area contributed by atoms with Gasteiger partial charge >= 0.3 is 0 Å². The Morgan fingerprint density at radius 2 is 1.18 bits per heavy atom. The van der Waals surface area contributed by atoms with Gasteiger partial charge in [-0.05, 0) is 20.9 Å². The first-order chi connectivity index (χ1) is 8.00. The van der Waals surface area contributed by atoms with Crippen molar-refractivity contribution in [3.05, 3.63) is 36.4 Å². The summed E-state index contributed by atoms with van der Waals surface area (Å²) in [7, 11) is 1.77. The maximum absolute atomic E-state index is 10.1. The lowest BCUT2D eigenvalue weighted by Crippen LogP contribution is -2.29. The summed E-state index contributed by atoms with van der Waals surface area (Å²) in [5, 5.41) is 5.31. The summed E-state index contributed by atoms with van der Waals surface area (Å²) in [5.74, 6) is 0.161. The number of benzene rings is 1. The van der Waals surface area contributed by atoms with Crippen LogP contribution in [0.1, 0.15) is 20.8 Å². The van der Waals surface area contributed by atoms with E-state index in [1.54, 1.807) is 7.05 Å². The maximum atomic E-state index is 10.1. The summed E-state index contributed by atoms with van der Waals surface area (Å²) in [6, 6.07) is 12.0. The van der Waals surface area contributed by atoms with E-state index >= 15 is 0 Å². The molecule has 0 fully saturated rings. The number of hydrogen-bond donors (Lipinski definition) is 2. The van der Waals surface area contributed by atoms with Crippen LogP contribution in [0.15, 0.2) is 36.4 Å². The molecule has 1 amide bonds. The van der Waals surface area contributed by atoms with Crippen molar-refractivity contribution in [3.8, 4) is 0 Å². The highest BCUT2D eigenvalue weighted by molar-refractivity contribution is 5.72. The number of rotatable bonds is 2. The summed E-state index contributed by atoms with van der Waals surface area (Å²) in [6.07, 6.45) is 0. The van der Waals surface area contributed by atoms with Gasteiger partial charge in [0.05, 0.1) is 6.67 Å². The average molecular weight is 238 g/mol. The number of hydrogen-bond acceptors (Lipinski definition) is 3. The molecule has 1 aromatic rings. The Hall–Kier alpha value is -1.68. The fourth-order valence-electron chi connectivity index (χ4n) is 0.598. The highest BCUT2D eigenvalue weighted by Crippen LogP contribution is 1.79. The summed E-state index contributed by atoms with van der Waals surface area (Å²) in [6.45, 7) is 5.09. The molecule has 96 valence electrons. The van der Waals surface area contributed by atoms with E-state index in [0.29, 0.717) is 6.67 Å². The van der Waals surface area contributed by atoms with Crippen molar-refractivity contribution in [2.45, 2.75) is 20.8 Å². The zero-order valence-corrected chi connectivity index (χ0v) is 11.0. The van der Waals surface area contributed by atoms with Gasteiger partial charge in [-0.3, -0.25) is 4.79 Å². The zero-order chi connectivity index (χ0) is 13.5. The van der Waals surface area contributed by atoms with Gasteiger partial charge < -0.3 is 15.4 Å². The van der Waals surface area contributed by atoms with Crippen molar-refractivity contribution in [1.82, 2.24) is 10.6 Å². The number of carbonyl (C=O) groups is 2. The van der Waals surface area contributed by atoms with Gasteiger partial charge in [0.2, 0.25) is 5.91 Å². The summed E-state index contributed by atoms with van der Waals surface area (Å²) in [5.41, 5.74) is 0. The Bertz CT molecular complexity index is 256. The third kappa shape index (κ3) is 31.4. The lowest BCUT2D eigenvalue weighted by molar-refractivity contribution is -0.119. The first-order valence-electron chi connectivity index (χ1n) is 5.37. The molecular weight excluding hydrogens is 216 g/mol. The van der Waals surface area contributed by atoms with Crippen molar-refractivity contribution in [2.75, 3.05) is 13.7 Å². The SMILES string of the molecule is CC(C)=O.CNCNC(C)=O.c1ccccc1. The van der Waals surface area contributed by atoms with Crippen LogP contribution in [0.3, 0.4) is 0 Å². The summed E-state index contributed by atoms with van der Waals surface area (Å²) in [4.78, 5) is 19.5. The second-order valence-electron chi connectivity index (χ2n) is 3.33. The largest absolute Gasteiger partial charge is 0.344 e.